The number of aromatic nitrogens is 2. The molecule has 1 atom stereocenters. The predicted octanol–water partition coefficient (Wildman–Crippen LogP) is -0.180. The van der Waals surface area contributed by atoms with Gasteiger partial charge in [0.1, 0.15) is 0 Å². The number of nitrogens with zero attached hydrogens (tertiary/aromatic N) is 2. The molecule has 3 N–H and O–H groups in total. The van der Waals surface area contributed by atoms with Crippen molar-refractivity contribution in [1.29, 1.82) is 0 Å². The van der Waals surface area contributed by atoms with Crippen LogP contribution in [-0.2, 0) is 0 Å². The van der Waals surface area contributed by atoms with E-state index in [2.05, 4.69) is 10.2 Å². The highest BCUT2D eigenvalue weighted by Crippen LogP contribution is 2.09. The van der Waals surface area contributed by atoms with Crippen molar-refractivity contribution in [2.75, 3.05) is 13.2 Å². The first-order chi connectivity index (χ1) is 5.77. The van der Waals surface area contributed by atoms with Crippen molar-refractivity contribution in [2.45, 2.75) is 12.8 Å². The van der Waals surface area contributed by atoms with Gasteiger partial charge < -0.3 is 10.8 Å². The fourth-order valence-corrected chi connectivity index (χ4v) is 0.916. The fourth-order valence-electron chi connectivity index (χ4n) is 0.916. The lowest BCUT2D eigenvalue weighted by Gasteiger charge is -2.08. The summed E-state index contributed by atoms with van der Waals surface area (Å²) in [6.45, 7) is 2.29. The number of aliphatic hydroxyl groups is 1. The topological polar surface area (TPSA) is 72.0 Å². The molecule has 4 heteroatoms. The SMILES string of the molecule is Cc1ccc(C(CN)CO)nn1. The first kappa shape index (κ1) is 9.09. The summed E-state index contributed by atoms with van der Waals surface area (Å²) < 4.78 is 0. The number of nitrogens with two attached hydrogens (primary N) is 1. The minimum Gasteiger partial charge on any atom is -0.396 e. The summed E-state index contributed by atoms with van der Waals surface area (Å²) in [5.74, 6) is -0.0851. The van der Waals surface area contributed by atoms with E-state index >= 15 is 0 Å². The second-order valence-electron chi connectivity index (χ2n) is 2.71. The number of aliphatic hydroxyl groups excluding tert-OH is 1. The van der Waals surface area contributed by atoms with Crippen LogP contribution < -0.4 is 5.73 Å². The van der Waals surface area contributed by atoms with Gasteiger partial charge in [-0.2, -0.15) is 10.2 Å². The molecule has 0 fully saturated rings. The van der Waals surface area contributed by atoms with Gasteiger partial charge in [0.15, 0.2) is 0 Å². The molecule has 0 aliphatic carbocycles. The van der Waals surface area contributed by atoms with Crippen LogP contribution in [0.15, 0.2) is 12.1 Å². The van der Waals surface area contributed by atoms with Crippen molar-refractivity contribution in [3.8, 4) is 0 Å². The summed E-state index contributed by atoms with van der Waals surface area (Å²) in [4.78, 5) is 0. The lowest BCUT2D eigenvalue weighted by atomic mass is 10.1. The molecule has 66 valence electrons. The van der Waals surface area contributed by atoms with Crippen LogP contribution >= 0.6 is 0 Å². The average Bonchev–Trinajstić information content (AvgIpc) is 2.10. The van der Waals surface area contributed by atoms with E-state index < -0.39 is 0 Å². The van der Waals surface area contributed by atoms with Crippen molar-refractivity contribution in [2.24, 2.45) is 5.73 Å². The van der Waals surface area contributed by atoms with E-state index in [1.807, 2.05) is 19.1 Å². The normalized spacial score (nSPS) is 12.9. The van der Waals surface area contributed by atoms with Crippen LogP contribution in [0.2, 0.25) is 0 Å². The quantitative estimate of drug-likeness (QED) is 0.655. The van der Waals surface area contributed by atoms with Crippen LogP contribution in [0.3, 0.4) is 0 Å². The van der Waals surface area contributed by atoms with E-state index in [0.717, 1.165) is 11.4 Å². The van der Waals surface area contributed by atoms with Crippen LogP contribution in [-0.4, -0.2) is 28.5 Å². The Kier molecular flexibility index (Phi) is 3.13. The van der Waals surface area contributed by atoms with Crippen LogP contribution in [0, 0.1) is 6.92 Å². The van der Waals surface area contributed by atoms with Crippen molar-refractivity contribution in [3.05, 3.63) is 23.5 Å². The minimum absolute atomic E-state index is 0.0221. The summed E-state index contributed by atoms with van der Waals surface area (Å²) in [5, 5.41) is 16.7. The number of aryl methyl sites for hydroxylation is 1. The van der Waals surface area contributed by atoms with E-state index in [9.17, 15) is 0 Å². The van der Waals surface area contributed by atoms with Crippen LogP contribution in [0.1, 0.15) is 17.3 Å². The molecule has 4 nitrogen and oxygen atoms in total. The largest absolute Gasteiger partial charge is 0.396 e. The highest BCUT2D eigenvalue weighted by molar-refractivity contribution is 5.10. The molecule has 12 heavy (non-hydrogen) atoms. The molecule has 1 unspecified atom stereocenters. The maximum Gasteiger partial charge on any atom is 0.0697 e. The van der Waals surface area contributed by atoms with Gasteiger partial charge in [-0.3, -0.25) is 0 Å². The maximum absolute atomic E-state index is 8.90. The Bertz CT molecular complexity index is 231. The molecule has 1 aromatic rings. The summed E-state index contributed by atoms with van der Waals surface area (Å²) >= 11 is 0. The minimum atomic E-state index is -0.0851. The molecule has 1 heterocycles. The van der Waals surface area contributed by atoms with Gasteiger partial charge in [0.25, 0.3) is 0 Å². The average molecular weight is 167 g/mol. The molecule has 1 rings (SSSR count). The zero-order valence-corrected chi connectivity index (χ0v) is 7.07. The third-order valence-electron chi connectivity index (χ3n) is 1.74. The number of hydrogen-bond donors (Lipinski definition) is 2. The molecule has 0 saturated heterocycles. The van der Waals surface area contributed by atoms with Gasteiger partial charge in [-0.25, -0.2) is 0 Å². The summed E-state index contributed by atoms with van der Waals surface area (Å²) in [6, 6.07) is 3.71. The second kappa shape index (κ2) is 4.13. The Hall–Kier alpha value is -1.00. The molecule has 0 bridgehead atoms. The molecule has 0 aromatic carbocycles. The molecule has 0 saturated carbocycles. The van der Waals surface area contributed by atoms with Crippen molar-refractivity contribution < 1.29 is 5.11 Å². The fraction of sp³-hybridized carbons (Fsp3) is 0.500. The van der Waals surface area contributed by atoms with Crippen molar-refractivity contribution >= 4 is 0 Å². The lowest BCUT2D eigenvalue weighted by molar-refractivity contribution is 0.265. The molecule has 1 aromatic heterocycles. The smallest absolute Gasteiger partial charge is 0.0697 e. The zero-order valence-electron chi connectivity index (χ0n) is 7.07. The molecule has 0 radical (unpaired) electrons. The Labute approximate surface area is 71.4 Å². The van der Waals surface area contributed by atoms with Crippen molar-refractivity contribution in [1.82, 2.24) is 10.2 Å². The maximum atomic E-state index is 8.90. The standard InChI is InChI=1S/C8H13N3O/c1-6-2-3-8(11-10-6)7(4-9)5-12/h2-3,7,12H,4-5,9H2,1H3. The van der Waals surface area contributed by atoms with E-state index in [1.54, 1.807) is 0 Å². The Morgan fingerprint density at radius 2 is 2.25 bits per heavy atom. The molecule has 0 spiro atoms. The first-order valence-corrected chi connectivity index (χ1v) is 3.89. The Morgan fingerprint density at radius 1 is 1.50 bits per heavy atom. The third-order valence-corrected chi connectivity index (χ3v) is 1.74. The van der Waals surface area contributed by atoms with Gasteiger partial charge in [0.05, 0.1) is 18.0 Å². The monoisotopic (exact) mass is 167 g/mol. The molecular weight excluding hydrogens is 154 g/mol. The summed E-state index contributed by atoms with van der Waals surface area (Å²) in [5.41, 5.74) is 7.05. The highest BCUT2D eigenvalue weighted by Gasteiger charge is 2.09. The first-order valence-electron chi connectivity index (χ1n) is 3.89. The van der Waals surface area contributed by atoms with Crippen LogP contribution in [0.4, 0.5) is 0 Å². The third kappa shape index (κ3) is 1.99. The number of hydrogen-bond acceptors (Lipinski definition) is 4. The molecule has 0 amide bonds. The van der Waals surface area contributed by atoms with E-state index in [1.165, 1.54) is 0 Å². The van der Waals surface area contributed by atoms with Crippen LogP contribution in [0.5, 0.6) is 0 Å². The second-order valence-corrected chi connectivity index (χ2v) is 2.71. The Morgan fingerprint density at radius 3 is 2.67 bits per heavy atom. The van der Waals surface area contributed by atoms with Gasteiger partial charge in [0, 0.05) is 12.5 Å². The van der Waals surface area contributed by atoms with Gasteiger partial charge in [-0.15, -0.1) is 0 Å². The van der Waals surface area contributed by atoms with Gasteiger partial charge in [0.2, 0.25) is 0 Å². The van der Waals surface area contributed by atoms with Gasteiger partial charge in [-0.1, -0.05) is 0 Å². The van der Waals surface area contributed by atoms with E-state index in [4.69, 9.17) is 10.8 Å². The molecule has 0 aliphatic rings. The van der Waals surface area contributed by atoms with E-state index in [0.29, 0.717) is 6.54 Å². The Balaban J connectivity index is 2.80. The van der Waals surface area contributed by atoms with E-state index in [-0.39, 0.29) is 12.5 Å². The number of rotatable bonds is 3. The summed E-state index contributed by atoms with van der Waals surface area (Å²) in [6.07, 6.45) is 0. The zero-order chi connectivity index (χ0) is 8.97. The van der Waals surface area contributed by atoms with Gasteiger partial charge >= 0.3 is 0 Å². The lowest BCUT2D eigenvalue weighted by Crippen LogP contribution is -2.17. The molecular formula is C8H13N3O. The van der Waals surface area contributed by atoms with Gasteiger partial charge in [-0.05, 0) is 19.1 Å². The predicted molar refractivity (Wildman–Crippen MR) is 45.7 cm³/mol. The molecule has 0 aliphatic heterocycles. The van der Waals surface area contributed by atoms with Crippen LogP contribution in [0.25, 0.3) is 0 Å². The van der Waals surface area contributed by atoms with Crippen molar-refractivity contribution in [3.63, 3.8) is 0 Å². The highest BCUT2D eigenvalue weighted by atomic mass is 16.3. The summed E-state index contributed by atoms with van der Waals surface area (Å²) in [7, 11) is 0.